The van der Waals surface area contributed by atoms with Gasteiger partial charge in [-0.2, -0.15) is 0 Å². The van der Waals surface area contributed by atoms with Gasteiger partial charge in [0.1, 0.15) is 5.75 Å². The van der Waals surface area contributed by atoms with E-state index in [0.717, 1.165) is 0 Å². The second-order valence-electron chi connectivity index (χ2n) is 5.25. The molecule has 0 bridgehead atoms. The molecule has 1 aliphatic heterocycles. The van der Waals surface area contributed by atoms with E-state index in [1.165, 1.54) is 10.9 Å². The van der Waals surface area contributed by atoms with E-state index in [4.69, 9.17) is 4.74 Å². The number of fused-ring (bicyclic) bond motifs is 1. The number of hydrogen-bond donors (Lipinski definition) is 0. The number of hydrogen-bond acceptors (Lipinski definition) is 4. The lowest BCUT2D eigenvalue weighted by molar-refractivity contribution is -0.134. The average molecular weight is 299 g/mol. The highest BCUT2D eigenvalue weighted by Gasteiger charge is 2.24. The van der Waals surface area contributed by atoms with Crippen LogP contribution in [-0.4, -0.2) is 33.5 Å². The summed E-state index contributed by atoms with van der Waals surface area (Å²) in [5, 5.41) is 0. The predicted octanol–water partition coefficient (Wildman–Crippen LogP) is 0.744. The van der Waals surface area contributed by atoms with Gasteiger partial charge in [0.15, 0.2) is 6.61 Å². The van der Waals surface area contributed by atoms with Crippen LogP contribution >= 0.6 is 0 Å². The van der Waals surface area contributed by atoms with E-state index in [-0.39, 0.29) is 18.1 Å². The maximum atomic E-state index is 12.2. The standard InChI is InChI=1S/C16H17N3O3/c1-18-11-17-14-9-19(8-7-13(14)16(18)21)15(20)10-22-12-5-3-2-4-6-12/h2-6,11H,7-10H2,1H3. The molecule has 6 heteroatoms. The highest BCUT2D eigenvalue weighted by Crippen LogP contribution is 2.14. The number of carbonyl (C=O) groups excluding carboxylic acids is 1. The molecule has 2 heterocycles. The van der Waals surface area contributed by atoms with Gasteiger partial charge in [-0.15, -0.1) is 0 Å². The molecule has 0 unspecified atom stereocenters. The van der Waals surface area contributed by atoms with Gasteiger partial charge in [-0.05, 0) is 18.6 Å². The van der Waals surface area contributed by atoms with Crippen molar-refractivity contribution in [2.24, 2.45) is 7.05 Å². The van der Waals surface area contributed by atoms with Crippen molar-refractivity contribution in [2.45, 2.75) is 13.0 Å². The molecule has 0 spiro atoms. The molecule has 1 aliphatic rings. The van der Waals surface area contributed by atoms with E-state index < -0.39 is 0 Å². The minimum atomic E-state index is -0.100. The molecular formula is C16H17N3O3. The Hall–Kier alpha value is -2.63. The molecular weight excluding hydrogens is 282 g/mol. The third-order valence-corrected chi connectivity index (χ3v) is 3.74. The number of para-hydroxylation sites is 1. The first-order valence-electron chi connectivity index (χ1n) is 7.14. The van der Waals surface area contributed by atoms with Crippen molar-refractivity contribution in [3.63, 3.8) is 0 Å². The molecule has 0 atom stereocenters. The van der Waals surface area contributed by atoms with E-state index in [0.29, 0.717) is 36.5 Å². The van der Waals surface area contributed by atoms with Crippen LogP contribution in [0.15, 0.2) is 41.5 Å². The highest BCUT2D eigenvalue weighted by molar-refractivity contribution is 5.78. The van der Waals surface area contributed by atoms with Gasteiger partial charge < -0.3 is 14.2 Å². The van der Waals surface area contributed by atoms with E-state index in [1.54, 1.807) is 11.9 Å². The van der Waals surface area contributed by atoms with Crippen molar-refractivity contribution in [3.8, 4) is 5.75 Å². The molecule has 1 aromatic heterocycles. The zero-order chi connectivity index (χ0) is 15.5. The zero-order valence-corrected chi connectivity index (χ0v) is 12.4. The maximum absolute atomic E-state index is 12.2. The minimum Gasteiger partial charge on any atom is -0.484 e. The minimum absolute atomic E-state index is 0.00973. The van der Waals surface area contributed by atoms with Crippen molar-refractivity contribution in [2.75, 3.05) is 13.2 Å². The number of amides is 1. The number of carbonyl (C=O) groups is 1. The molecule has 22 heavy (non-hydrogen) atoms. The van der Waals surface area contributed by atoms with Crippen LogP contribution in [0.4, 0.5) is 0 Å². The number of ether oxygens (including phenoxy) is 1. The molecule has 0 N–H and O–H groups in total. The van der Waals surface area contributed by atoms with Gasteiger partial charge in [-0.25, -0.2) is 4.98 Å². The Morgan fingerprint density at radius 2 is 2.09 bits per heavy atom. The Kier molecular flexibility index (Phi) is 3.91. The smallest absolute Gasteiger partial charge is 0.260 e. The molecule has 0 radical (unpaired) electrons. The van der Waals surface area contributed by atoms with Gasteiger partial charge in [-0.3, -0.25) is 9.59 Å². The van der Waals surface area contributed by atoms with Crippen LogP contribution in [0, 0.1) is 0 Å². The molecule has 0 saturated carbocycles. The summed E-state index contributed by atoms with van der Waals surface area (Å²) in [4.78, 5) is 30.2. The van der Waals surface area contributed by atoms with Crippen molar-refractivity contribution < 1.29 is 9.53 Å². The second kappa shape index (κ2) is 6.01. The van der Waals surface area contributed by atoms with Crippen molar-refractivity contribution in [1.29, 1.82) is 0 Å². The van der Waals surface area contributed by atoms with Gasteiger partial charge in [0, 0.05) is 19.2 Å². The van der Waals surface area contributed by atoms with Gasteiger partial charge >= 0.3 is 0 Å². The highest BCUT2D eigenvalue weighted by atomic mass is 16.5. The molecule has 3 rings (SSSR count). The zero-order valence-electron chi connectivity index (χ0n) is 12.4. The Balaban J connectivity index is 1.65. The summed E-state index contributed by atoms with van der Waals surface area (Å²) >= 11 is 0. The Labute approximate surface area is 128 Å². The maximum Gasteiger partial charge on any atom is 0.260 e. The molecule has 0 aliphatic carbocycles. The number of nitrogens with zero attached hydrogens (tertiary/aromatic N) is 3. The Bertz CT molecular complexity index is 740. The van der Waals surface area contributed by atoms with Crippen LogP contribution in [0.5, 0.6) is 5.75 Å². The predicted molar refractivity (Wildman–Crippen MR) is 80.5 cm³/mol. The van der Waals surface area contributed by atoms with Crippen LogP contribution in [0.1, 0.15) is 11.3 Å². The Morgan fingerprint density at radius 3 is 2.86 bits per heavy atom. The van der Waals surface area contributed by atoms with Crippen LogP contribution in [0.3, 0.4) is 0 Å². The summed E-state index contributed by atoms with van der Waals surface area (Å²) in [6, 6.07) is 9.23. The number of aromatic nitrogens is 2. The number of aryl methyl sites for hydroxylation is 1. The topological polar surface area (TPSA) is 64.4 Å². The lowest BCUT2D eigenvalue weighted by atomic mass is 10.1. The van der Waals surface area contributed by atoms with Crippen LogP contribution in [0.25, 0.3) is 0 Å². The fourth-order valence-corrected chi connectivity index (χ4v) is 2.48. The lowest BCUT2D eigenvalue weighted by Crippen LogP contribution is -2.41. The third kappa shape index (κ3) is 2.86. The summed E-state index contributed by atoms with van der Waals surface area (Å²) < 4.78 is 6.94. The van der Waals surface area contributed by atoms with Crippen LogP contribution in [-0.2, 0) is 24.8 Å². The molecule has 114 valence electrons. The van der Waals surface area contributed by atoms with Crippen LogP contribution < -0.4 is 10.3 Å². The molecule has 2 aromatic rings. The normalized spacial score (nSPS) is 13.6. The molecule has 1 amide bonds. The van der Waals surface area contributed by atoms with E-state index in [2.05, 4.69) is 4.98 Å². The molecule has 1 aromatic carbocycles. The summed E-state index contributed by atoms with van der Waals surface area (Å²) in [7, 11) is 1.68. The van der Waals surface area contributed by atoms with Crippen molar-refractivity contribution in [1.82, 2.24) is 14.5 Å². The first-order valence-corrected chi connectivity index (χ1v) is 7.14. The van der Waals surface area contributed by atoms with Gasteiger partial charge in [-0.1, -0.05) is 18.2 Å². The quantitative estimate of drug-likeness (QED) is 0.839. The van der Waals surface area contributed by atoms with Gasteiger partial charge in [0.2, 0.25) is 0 Å². The number of rotatable bonds is 3. The lowest BCUT2D eigenvalue weighted by Gasteiger charge is -2.27. The van der Waals surface area contributed by atoms with Gasteiger partial charge in [0.25, 0.3) is 11.5 Å². The van der Waals surface area contributed by atoms with Crippen molar-refractivity contribution >= 4 is 5.91 Å². The summed E-state index contributed by atoms with van der Waals surface area (Å²) in [5.41, 5.74) is 1.36. The van der Waals surface area contributed by atoms with E-state index >= 15 is 0 Å². The monoisotopic (exact) mass is 299 g/mol. The molecule has 0 saturated heterocycles. The van der Waals surface area contributed by atoms with Crippen LogP contribution in [0.2, 0.25) is 0 Å². The van der Waals surface area contributed by atoms with Gasteiger partial charge in [0.05, 0.1) is 18.6 Å². The largest absolute Gasteiger partial charge is 0.484 e. The Morgan fingerprint density at radius 1 is 1.32 bits per heavy atom. The first-order chi connectivity index (χ1) is 10.6. The third-order valence-electron chi connectivity index (χ3n) is 3.74. The second-order valence-corrected chi connectivity index (χ2v) is 5.25. The fourth-order valence-electron chi connectivity index (χ4n) is 2.48. The summed E-state index contributed by atoms with van der Waals surface area (Å²) in [6.07, 6.45) is 2.03. The first kappa shape index (κ1) is 14.3. The fraction of sp³-hybridized carbons (Fsp3) is 0.312. The van der Waals surface area contributed by atoms with E-state index in [1.807, 2.05) is 30.3 Å². The van der Waals surface area contributed by atoms with Crippen molar-refractivity contribution in [3.05, 3.63) is 58.3 Å². The molecule has 6 nitrogen and oxygen atoms in total. The molecule has 0 fully saturated rings. The van der Waals surface area contributed by atoms with E-state index in [9.17, 15) is 9.59 Å². The SMILES string of the molecule is Cn1cnc2c(c1=O)CCN(C(=O)COc1ccccc1)C2. The average Bonchev–Trinajstić information content (AvgIpc) is 2.56. The number of benzene rings is 1. The summed E-state index contributed by atoms with van der Waals surface area (Å²) in [6.45, 7) is 0.873. The summed E-state index contributed by atoms with van der Waals surface area (Å²) in [5.74, 6) is 0.567.